The highest BCUT2D eigenvalue weighted by molar-refractivity contribution is 5.66. The molecular formula is C14H26N4O2. The summed E-state index contributed by atoms with van der Waals surface area (Å²) in [6.07, 6.45) is 1.70. The maximum atomic E-state index is 10.8. The Morgan fingerprint density at radius 1 is 1.45 bits per heavy atom. The predicted octanol–water partition coefficient (Wildman–Crippen LogP) is 2.01. The summed E-state index contributed by atoms with van der Waals surface area (Å²) in [5.74, 6) is 0.611. The fourth-order valence-corrected chi connectivity index (χ4v) is 1.96. The predicted molar refractivity (Wildman–Crippen MR) is 77.3 cm³/mol. The van der Waals surface area contributed by atoms with E-state index in [1.165, 1.54) is 0 Å². The zero-order valence-corrected chi connectivity index (χ0v) is 13.1. The Labute approximate surface area is 120 Å². The van der Waals surface area contributed by atoms with Crippen molar-refractivity contribution in [3.8, 4) is 0 Å². The van der Waals surface area contributed by atoms with Gasteiger partial charge in [-0.1, -0.05) is 13.8 Å². The number of aliphatic carboxylic acids is 1. The highest BCUT2D eigenvalue weighted by atomic mass is 16.4. The van der Waals surface area contributed by atoms with Gasteiger partial charge in [0.2, 0.25) is 0 Å². The van der Waals surface area contributed by atoms with Gasteiger partial charge in [0.05, 0.1) is 13.0 Å². The Kier molecular flexibility index (Phi) is 5.68. The van der Waals surface area contributed by atoms with Gasteiger partial charge < -0.3 is 5.11 Å². The molecule has 6 heteroatoms. The third kappa shape index (κ3) is 5.28. The van der Waals surface area contributed by atoms with Crippen molar-refractivity contribution in [1.82, 2.24) is 19.7 Å². The molecule has 1 aromatic rings. The van der Waals surface area contributed by atoms with E-state index >= 15 is 0 Å². The normalized spacial score (nSPS) is 12.3. The van der Waals surface area contributed by atoms with Gasteiger partial charge in [-0.2, -0.15) is 5.10 Å². The molecular weight excluding hydrogens is 256 g/mol. The molecule has 1 N–H and O–H groups in total. The SMILES string of the molecule is CC(C)Cn1ncnc1CN(CCC(=O)O)C(C)(C)C. The van der Waals surface area contributed by atoms with Crippen molar-refractivity contribution in [2.75, 3.05) is 6.54 Å². The Bertz CT molecular complexity index is 435. The van der Waals surface area contributed by atoms with Gasteiger partial charge in [0, 0.05) is 18.6 Å². The van der Waals surface area contributed by atoms with Crippen LogP contribution in [0.25, 0.3) is 0 Å². The molecule has 0 amide bonds. The van der Waals surface area contributed by atoms with E-state index in [1.807, 2.05) is 4.68 Å². The molecule has 0 aliphatic rings. The lowest BCUT2D eigenvalue weighted by molar-refractivity contribution is -0.137. The molecule has 0 unspecified atom stereocenters. The molecule has 114 valence electrons. The van der Waals surface area contributed by atoms with Gasteiger partial charge in [0.25, 0.3) is 0 Å². The van der Waals surface area contributed by atoms with E-state index in [0.717, 1.165) is 12.4 Å². The molecule has 0 bridgehead atoms. The molecule has 6 nitrogen and oxygen atoms in total. The van der Waals surface area contributed by atoms with E-state index in [9.17, 15) is 4.79 Å². The van der Waals surface area contributed by atoms with Crippen LogP contribution in [0.1, 0.15) is 46.9 Å². The number of nitrogens with zero attached hydrogens (tertiary/aromatic N) is 4. The average molecular weight is 282 g/mol. The first-order valence-electron chi connectivity index (χ1n) is 7.03. The van der Waals surface area contributed by atoms with Crippen molar-refractivity contribution in [2.24, 2.45) is 5.92 Å². The van der Waals surface area contributed by atoms with E-state index in [2.05, 4.69) is 49.6 Å². The molecule has 20 heavy (non-hydrogen) atoms. The number of hydrogen-bond donors (Lipinski definition) is 1. The molecule has 0 fully saturated rings. The first-order valence-corrected chi connectivity index (χ1v) is 7.03. The third-order valence-corrected chi connectivity index (χ3v) is 3.11. The zero-order valence-electron chi connectivity index (χ0n) is 13.1. The van der Waals surface area contributed by atoms with Crippen molar-refractivity contribution in [1.29, 1.82) is 0 Å². The lowest BCUT2D eigenvalue weighted by Gasteiger charge is -2.35. The topological polar surface area (TPSA) is 71.2 Å². The third-order valence-electron chi connectivity index (χ3n) is 3.11. The summed E-state index contributed by atoms with van der Waals surface area (Å²) in [6.45, 7) is 12.5. The van der Waals surface area contributed by atoms with Crippen LogP contribution in [-0.4, -0.2) is 42.8 Å². The molecule has 0 spiro atoms. The molecule has 1 heterocycles. The van der Waals surface area contributed by atoms with Crippen LogP contribution in [0, 0.1) is 5.92 Å². The van der Waals surface area contributed by atoms with Gasteiger partial charge in [0.15, 0.2) is 0 Å². The van der Waals surface area contributed by atoms with Gasteiger partial charge >= 0.3 is 5.97 Å². The van der Waals surface area contributed by atoms with Crippen molar-refractivity contribution >= 4 is 5.97 Å². The van der Waals surface area contributed by atoms with Crippen LogP contribution in [0.5, 0.6) is 0 Å². The standard InChI is InChI=1S/C14H26N4O2/c1-11(2)8-18-12(15-10-16-18)9-17(14(3,4)5)7-6-13(19)20/h10-11H,6-9H2,1-5H3,(H,19,20). The Hall–Kier alpha value is -1.43. The van der Waals surface area contributed by atoms with Crippen LogP contribution in [0.3, 0.4) is 0 Å². The van der Waals surface area contributed by atoms with Crippen LogP contribution >= 0.6 is 0 Å². The Balaban J connectivity index is 2.79. The lowest BCUT2D eigenvalue weighted by atomic mass is 10.1. The first kappa shape index (κ1) is 16.6. The fraction of sp³-hybridized carbons (Fsp3) is 0.786. The zero-order chi connectivity index (χ0) is 15.3. The Morgan fingerprint density at radius 3 is 2.60 bits per heavy atom. The summed E-state index contributed by atoms with van der Waals surface area (Å²) >= 11 is 0. The number of carboxylic acid groups (broad SMARTS) is 1. The van der Waals surface area contributed by atoms with Crippen LogP contribution < -0.4 is 0 Å². The maximum absolute atomic E-state index is 10.8. The molecule has 0 atom stereocenters. The molecule has 0 saturated carbocycles. The smallest absolute Gasteiger partial charge is 0.304 e. The Morgan fingerprint density at radius 2 is 2.10 bits per heavy atom. The molecule has 0 aliphatic carbocycles. The minimum atomic E-state index is -0.775. The lowest BCUT2D eigenvalue weighted by Crippen LogP contribution is -2.42. The molecule has 0 aromatic carbocycles. The fourth-order valence-electron chi connectivity index (χ4n) is 1.96. The molecule has 1 rings (SSSR count). The summed E-state index contributed by atoms with van der Waals surface area (Å²) < 4.78 is 1.91. The summed E-state index contributed by atoms with van der Waals surface area (Å²) in [5, 5.41) is 13.1. The van der Waals surface area contributed by atoms with Crippen molar-refractivity contribution in [2.45, 2.75) is 59.7 Å². The number of hydrogen-bond acceptors (Lipinski definition) is 4. The van der Waals surface area contributed by atoms with Crippen LogP contribution in [0.15, 0.2) is 6.33 Å². The molecule has 0 aliphatic heterocycles. The van der Waals surface area contributed by atoms with Crippen molar-refractivity contribution in [3.05, 3.63) is 12.2 Å². The second-order valence-corrected chi connectivity index (χ2v) is 6.49. The van der Waals surface area contributed by atoms with Crippen LogP contribution in [0.4, 0.5) is 0 Å². The average Bonchev–Trinajstić information content (AvgIpc) is 2.68. The largest absolute Gasteiger partial charge is 0.481 e. The first-order chi connectivity index (χ1) is 9.20. The minimum absolute atomic E-state index is 0.107. The van der Waals surface area contributed by atoms with Gasteiger partial charge in [0.1, 0.15) is 12.2 Å². The van der Waals surface area contributed by atoms with Crippen LogP contribution in [0.2, 0.25) is 0 Å². The van der Waals surface area contributed by atoms with Gasteiger partial charge in [-0.3, -0.25) is 9.69 Å². The summed E-state index contributed by atoms with van der Waals surface area (Å²) in [4.78, 5) is 17.2. The van der Waals surface area contributed by atoms with Crippen molar-refractivity contribution < 1.29 is 9.90 Å². The maximum Gasteiger partial charge on any atom is 0.304 e. The van der Waals surface area contributed by atoms with E-state index in [1.54, 1.807) is 6.33 Å². The highest BCUT2D eigenvalue weighted by Crippen LogP contribution is 2.17. The second-order valence-electron chi connectivity index (χ2n) is 6.49. The van der Waals surface area contributed by atoms with E-state index in [0.29, 0.717) is 19.0 Å². The van der Waals surface area contributed by atoms with Gasteiger partial charge in [-0.25, -0.2) is 9.67 Å². The van der Waals surface area contributed by atoms with Gasteiger partial charge in [-0.15, -0.1) is 0 Å². The minimum Gasteiger partial charge on any atom is -0.481 e. The van der Waals surface area contributed by atoms with E-state index in [4.69, 9.17) is 5.11 Å². The van der Waals surface area contributed by atoms with Gasteiger partial charge in [-0.05, 0) is 26.7 Å². The van der Waals surface area contributed by atoms with E-state index < -0.39 is 5.97 Å². The summed E-state index contributed by atoms with van der Waals surface area (Å²) in [5.41, 5.74) is -0.107. The number of carboxylic acids is 1. The summed E-state index contributed by atoms with van der Waals surface area (Å²) in [7, 11) is 0. The molecule has 0 saturated heterocycles. The van der Waals surface area contributed by atoms with Crippen molar-refractivity contribution in [3.63, 3.8) is 0 Å². The monoisotopic (exact) mass is 282 g/mol. The molecule has 0 radical (unpaired) electrons. The quantitative estimate of drug-likeness (QED) is 0.828. The number of aromatic nitrogens is 3. The summed E-state index contributed by atoms with van der Waals surface area (Å²) in [6, 6.07) is 0. The number of carbonyl (C=O) groups is 1. The van der Waals surface area contributed by atoms with E-state index in [-0.39, 0.29) is 12.0 Å². The highest BCUT2D eigenvalue weighted by Gasteiger charge is 2.23. The second kappa shape index (κ2) is 6.83. The number of rotatable bonds is 7. The van der Waals surface area contributed by atoms with Crippen LogP contribution in [-0.2, 0) is 17.9 Å². The molecule has 1 aromatic heterocycles.